The first kappa shape index (κ1) is 21.1. The molecule has 2 unspecified atom stereocenters. The highest BCUT2D eigenvalue weighted by molar-refractivity contribution is 5.52. The van der Waals surface area contributed by atoms with E-state index in [1.165, 1.54) is 11.1 Å². The lowest BCUT2D eigenvalue weighted by Gasteiger charge is -1.98. The summed E-state index contributed by atoms with van der Waals surface area (Å²) < 4.78 is 0. The van der Waals surface area contributed by atoms with Crippen molar-refractivity contribution < 1.29 is 9.59 Å². The molecule has 0 bridgehead atoms. The van der Waals surface area contributed by atoms with E-state index >= 15 is 0 Å². The van der Waals surface area contributed by atoms with Crippen molar-refractivity contribution in [1.82, 2.24) is 0 Å². The quantitative estimate of drug-likeness (QED) is 0.456. The lowest BCUT2D eigenvalue weighted by molar-refractivity contribution is -0.111. The Morgan fingerprint density at radius 1 is 0.750 bits per heavy atom. The van der Waals surface area contributed by atoms with Crippen LogP contribution in [0, 0.1) is 11.8 Å². The fourth-order valence-corrected chi connectivity index (χ4v) is 1.41. The molecular formula is C18H32O2. The molecule has 0 N–H and O–H groups in total. The van der Waals surface area contributed by atoms with Gasteiger partial charge >= 0.3 is 0 Å². The minimum absolute atomic E-state index is 0.218. The molecule has 116 valence electrons. The molecule has 0 aromatic carbocycles. The second-order valence-corrected chi connectivity index (χ2v) is 5.94. The van der Waals surface area contributed by atoms with Crippen LogP contribution in [0.5, 0.6) is 0 Å². The fourth-order valence-electron chi connectivity index (χ4n) is 1.41. The van der Waals surface area contributed by atoms with E-state index in [9.17, 15) is 9.59 Å². The minimum Gasteiger partial charge on any atom is -0.303 e. The Labute approximate surface area is 125 Å². The Kier molecular flexibility index (Phi) is 15.0. The Morgan fingerprint density at radius 2 is 1.05 bits per heavy atom. The molecule has 0 aliphatic carbocycles. The summed E-state index contributed by atoms with van der Waals surface area (Å²) in [5.74, 6) is 0.436. The number of hydrogen-bond donors (Lipinski definition) is 0. The smallest absolute Gasteiger partial charge is 0.122 e. The third-order valence-electron chi connectivity index (χ3n) is 2.81. The number of hydrogen-bond acceptors (Lipinski definition) is 2. The highest BCUT2D eigenvalue weighted by Crippen LogP contribution is 2.05. The Hall–Kier alpha value is -1.18. The van der Waals surface area contributed by atoms with E-state index in [2.05, 4.69) is 39.8 Å². The maximum atomic E-state index is 10.2. The molecule has 0 saturated carbocycles. The summed E-state index contributed by atoms with van der Waals surface area (Å²) in [5, 5.41) is 0. The molecule has 0 spiro atoms. The molecule has 0 fully saturated rings. The van der Waals surface area contributed by atoms with E-state index in [-0.39, 0.29) is 11.8 Å². The summed E-state index contributed by atoms with van der Waals surface area (Å²) in [6.45, 7) is 12.2. The van der Waals surface area contributed by atoms with Crippen LogP contribution in [0.25, 0.3) is 0 Å². The summed E-state index contributed by atoms with van der Waals surface area (Å²) in [6, 6.07) is 0. The topological polar surface area (TPSA) is 34.1 Å². The van der Waals surface area contributed by atoms with Gasteiger partial charge in [0.25, 0.3) is 0 Å². The maximum Gasteiger partial charge on any atom is 0.122 e. The van der Waals surface area contributed by atoms with Crippen LogP contribution in [0.3, 0.4) is 0 Å². The van der Waals surface area contributed by atoms with Crippen molar-refractivity contribution in [3.05, 3.63) is 23.3 Å². The predicted molar refractivity (Wildman–Crippen MR) is 87.8 cm³/mol. The van der Waals surface area contributed by atoms with Crippen LogP contribution in [0.1, 0.15) is 67.2 Å². The molecule has 0 saturated heterocycles. The molecule has 0 aromatic rings. The Bertz CT molecular complexity index is 273. The van der Waals surface area contributed by atoms with Crippen LogP contribution in [0.15, 0.2) is 23.3 Å². The third-order valence-corrected chi connectivity index (χ3v) is 2.81. The Balaban J connectivity index is 0. The lowest BCUT2D eigenvalue weighted by Crippen LogP contribution is -1.93. The number of rotatable bonds is 8. The zero-order chi connectivity index (χ0) is 16.0. The van der Waals surface area contributed by atoms with Crippen LogP contribution < -0.4 is 0 Å². The second kappa shape index (κ2) is 14.2. The molecule has 0 heterocycles. The van der Waals surface area contributed by atoms with Crippen LogP contribution in [-0.2, 0) is 9.59 Å². The maximum absolute atomic E-state index is 10.2. The van der Waals surface area contributed by atoms with E-state index in [1.54, 1.807) is 0 Å². The first-order valence-corrected chi connectivity index (χ1v) is 7.50. The van der Waals surface area contributed by atoms with Crippen LogP contribution in [0.2, 0.25) is 0 Å². The molecule has 0 aromatic heterocycles. The van der Waals surface area contributed by atoms with Crippen molar-refractivity contribution >= 4 is 12.6 Å². The molecule has 2 nitrogen and oxygen atoms in total. The van der Waals surface area contributed by atoms with Gasteiger partial charge < -0.3 is 9.59 Å². The number of allylic oxidation sites excluding steroid dienone is 4. The molecular weight excluding hydrogens is 248 g/mol. The summed E-state index contributed by atoms with van der Waals surface area (Å²) >= 11 is 0. The van der Waals surface area contributed by atoms with Crippen LogP contribution in [0.4, 0.5) is 0 Å². The first-order valence-electron chi connectivity index (χ1n) is 7.50. The van der Waals surface area contributed by atoms with E-state index in [4.69, 9.17) is 0 Å². The molecule has 0 amide bonds. The van der Waals surface area contributed by atoms with Crippen molar-refractivity contribution in [2.24, 2.45) is 11.8 Å². The normalized spacial score (nSPS) is 12.3. The van der Waals surface area contributed by atoms with Crippen molar-refractivity contribution in [3.8, 4) is 0 Å². The molecule has 2 atom stereocenters. The van der Waals surface area contributed by atoms with Gasteiger partial charge in [0, 0.05) is 11.8 Å². The first-order chi connectivity index (χ1) is 9.33. The van der Waals surface area contributed by atoms with Gasteiger partial charge in [-0.1, -0.05) is 37.1 Å². The monoisotopic (exact) mass is 280 g/mol. The summed E-state index contributed by atoms with van der Waals surface area (Å²) in [6.07, 6.45) is 10.4. The van der Waals surface area contributed by atoms with E-state index < -0.39 is 0 Å². The molecule has 0 rings (SSSR count). The zero-order valence-corrected chi connectivity index (χ0v) is 14.1. The van der Waals surface area contributed by atoms with Crippen molar-refractivity contribution in [2.75, 3.05) is 0 Å². The fraction of sp³-hybridized carbons (Fsp3) is 0.667. The average Bonchev–Trinajstić information content (AvgIpc) is 2.38. The van der Waals surface area contributed by atoms with Gasteiger partial charge in [-0.25, -0.2) is 0 Å². The third kappa shape index (κ3) is 19.2. The zero-order valence-electron chi connectivity index (χ0n) is 14.1. The summed E-state index contributed by atoms with van der Waals surface area (Å²) in [7, 11) is 0. The van der Waals surface area contributed by atoms with Crippen molar-refractivity contribution in [3.63, 3.8) is 0 Å². The van der Waals surface area contributed by atoms with Gasteiger partial charge in [-0.05, 0) is 53.4 Å². The van der Waals surface area contributed by atoms with E-state index in [0.717, 1.165) is 38.3 Å². The number of carbonyl (C=O) groups excluding carboxylic acids is 2. The Morgan fingerprint density at radius 3 is 1.25 bits per heavy atom. The molecule has 20 heavy (non-hydrogen) atoms. The molecule has 0 aliphatic heterocycles. The summed E-state index contributed by atoms with van der Waals surface area (Å²) in [4.78, 5) is 20.3. The highest BCUT2D eigenvalue weighted by atomic mass is 16.1. The second-order valence-electron chi connectivity index (χ2n) is 5.94. The van der Waals surface area contributed by atoms with Gasteiger partial charge in [0.05, 0.1) is 0 Å². The molecule has 2 heteroatoms. The predicted octanol–water partition coefficient (Wildman–Crippen LogP) is 5.14. The highest BCUT2D eigenvalue weighted by Gasteiger charge is 1.96. The van der Waals surface area contributed by atoms with Gasteiger partial charge in [-0.2, -0.15) is 0 Å². The van der Waals surface area contributed by atoms with Crippen molar-refractivity contribution in [2.45, 2.75) is 67.2 Å². The average molecular weight is 280 g/mol. The lowest BCUT2D eigenvalue weighted by atomic mass is 10.1. The van der Waals surface area contributed by atoms with Gasteiger partial charge in [0.1, 0.15) is 12.6 Å². The van der Waals surface area contributed by atoms with Crippen LogP contribution in [-0.4, -0.2) is 12.6 Å². The number of carbonyl (C=O) groups is 2. The van der Waals surface area contributed by atoms with Gasteiger partial charge in [0.2, 0.25) is 0 Å². The van der Waals surface area contributed by atoms with Gasteiger partial charge in [-0.15, -0.1) is 0 Å². The largest absolute Gasteiger partial charge is 0.303 e. The van der Waals surface area contributed by atoms with Crippen LogP contribution >= 0.6 is 0 Å². The van der Waals surface area contributed by atoms with E-state index in [1.807, 2.05) is 13.8 Å². The molecule has 0 radical (unpaired) electrons. The van der Waals surface area contributed by atoms with Gasteiger partial charge in [0.15, 0.2) is 0 Å². The van der Waals surface area contributed by atoms with Crippen molar-refractivity contribution in [1.29, 1.82) is 0 Å². The summed E-state index contributed by atoms with van der Waals surface area (Å²) in [5.41, 5.74) is 2.66. The standard InChI is InChI=1S/2C9H16O/c2*1-8(2)5-4-6-9(3)7-10/h2*5,7,9H,4,6H2,1-3H3. The molecule has 0 aliphatic rings. The number of aldehydes is 2. The SMILES string of the molecule is CC(C)=CCCC(C)C=O.CC(C)=CCCC(C)C=O. The van der Waals surface area contributed by atoms with E-state index in [0.29, 0.717) is 0 Å². The minimum atomic E-state index is 0.218. The van der Waals surface area contributed by atoms with Gasteiger partial charge in [-0.3, -0.25) is 0 Å².